The van der Waals surface area contributed by atoms with Gasteiger partial charge in [0.05, 0.1) is 5.75 Å². The highest BCUT2D eigenvalue weighted by Crippen LogP contribution is 2.20. The van der Waals surface area contributed by atoms with Gasteiger partial charge in [0.1, 0.15) is 5.54 Å². The lowest BCUT2D eigenvalue weighted by Gasteiger charge is -2.41. The van der Waals surface area contributed by atoms with E-state index in [9.17, 15) is 9.59 Å². The molecule has 0 spiro atoms. The SMILES string of the molecule is Cc1cccc(CSCC(=O)N2CCNC(=O)C2(C)C)c1. The summed E-state index contributed by atoms with van der Waals surface area (Å²) >= 11 is 1.60. The Morgan fingerprint density at radius 2 is 2.19 bits per heavy atom. The van der Waals surface area contributed by atoms with Gasteiger partial charge in [-0.25, -0.2) is 0 Å². The van der Waals surface area contributed by atoms with Crippen molar-refractivity contribution in [2.24, 2.45) is 0 Å². The molecule has 2 rings (SSSR count). The number of aryl methyl sites for hydroxylation is 1. The van der Waals surface area contributed by atoms with Crippen LogP contribution in [0.1, 0.15) is 25.0 Å². The Balaban J connectivity index is 1.88. The number of thioether (sulfide) groups is 1. The van der Waals surface area contributed by atoms with Crippen molar-refractivity contribution in [3.05, 3.63) is 35.4 Å². The molecule has 114 valence electrons. The standard InChI is InChI=1S/C16H22N2O2S/c1-12-5-4-6-13(9-12)10-21-11-14(19)18-8-7-17-15(20)16(18,2)3/h4-6,9H,7-8,10-11H2,1-3H3,(H,17,20). The van der Waals surface area contributed by atoms with Gasteiger partial charge >= 0.3 is 0 Å². The average Bonchev–Trinajstić information content (AvgIpc) is 2.41. The van der Waals surface area contributed by atoms with Gasteiger partial charge in [-0.05, 0) is 26.3 Å². The molecule has 0 aromatic heterocycles. The molecule has 1 aliphatic heterocycles. The zero-order valence-electron chi connectivity index (χ0n) is 12.8. The van der Waals surface area contributed by atoms with Crippen LogP contribution in [0.3, 0.4) is 0 Å². The van der Waals surface area contributed by atoms with Crippen molar-refractivity contribution in [2.75, 3.05) is 18.8 Å². The van der Waals surface area contributed by atoms with E-state index in [1.165, 1.54) is 11.1 Å². The third-order valence-electron chi connectivity index (χ3n) is 3.73. The minimum absolute atomic E-state index is 0.0347. The van der Waals surface area contributed by atoms with E-state index < -0.39 is 5.54 Å². The van der Waals surface area contributed by atoms with Crippen LogP contribution in [0.4, 0.5) is 0 Å². The number of amides is 2. The quantitative estimate of drug-likeness (QED) is 0.925. The van der Waals surface area contributed by atoms with Gasteiger partial charge in [0, 0.05) is 18.8 Å². The van der Waals surface area contributed by atoms with Crippen LogP contribution in [0.25, 0.3) is 0 Å². The molecule has 4 nitrogen and oxygen atoms in total. The molecule has 21 heavy (non-hydrogen) atoms. The highest BCUT2D eigenvalue weighted by Gasteiger charge is 2.39. The third kappa shape index (κ3) is 3.79. The van der Waals surface area contributed by atoms with Crippen LogP contribution in [0.2, 0.25) is 0 Å². The maximum atomic E-state index is 12.3. The number of carbonyl (C=O) groups excluding carboxylic acids is 2. The first-order valence-electron chi connectivity index (χ1n) is 7.13. The van der Waals surface area contributed by atoms with Gasteiger partial charge in [-0.3, -0.25) is 9.59 Å². The number of rotatable bonds is 4. The Hall–Kier alpha value is -1.49. The predicted molar refractivity (Wildman–Crippen MR) is 86.1 cm³/mol. The van der Waals surface area contributed by atoms with Crippen molar-refractivity contribution < 1.29 is 9.59 Å². The molecular formula is C16H22N2O2S. The monoisotopic (exact) mass is 306 g/mol. The normalized spacial score (nSPS) is 17.5. The molecule has 0 atom stereocenters. The number of carbonyl (C=O) groups is 2. The summed E-state index contributed by atoms with van der Waals surface area (Å²) in [4.78, 5) is 25.9. The summed E-state index contributed by atoms with van der Waals surface area (Å²) in [6.45, 7) is 6.78. The van der Waals surface area contributed by atoms with Gasteiger partial charge in [-0.2, -0.15) is 0 Å². The summed E-state index contributed by atoms with van der Waals surface area (Å²) in [6.07, 6.45) is 0. The van der Waals surface area contributed by atoms with E-state index in [1.807, 2.05) is 6.07 Å². The molecule has 1 saturated heterocycles. The highest BCUT2D eigenvalue weighted by molar-refractivity contribution is 7.99. The minimum atomic E-state index is -0.751. The minimum Gasteiger partial charge on any atom is -0.352 e. The number of hydrogen-bond acceptors (Lipinski definition) is 3. The summed E-state index contributed by atoms with van der Waals surface area (Å²) in [5, 5.41) is 2.81. The van der Waals surface area contributed by atoms with E-state index >= 15 is 0 Å². The van der Waals surface area contributed by atoms with Crippen LogP contribution in [0.15, 0.2) is 24.3 Å². The van der Waals surface area contributed by atoms with Gasteiger partial charge in [0.15, 0.2) is 0 Å². The maximum Gasteiger partial charge on any atom is 0.245 e. The summed E-state index contributed by atoms with van der Waals surface area (Å²) in [5.74, 6) is 1.18. The second kappa shape index (κ2) is 6.52. The Kier molecular flexibility index (Phi) is 4.93. The summed E-state index contributed by atoms with van der Waals surface area (Å²) in [6, 6.07) is 8.30. The number of benzene rings is 1. The van der Waals surface area contributed by atoms with Crippen molar-refractivity contribution in [3.63, 3.8) is 0 Å². The van der Waals surface area contributed by atoms with E-state index in [4.69, 9.17) is 0 Å². The van der Waals surface area contributed by atoms with Gasteiger partial charge in [0.25, 0.3) is 0 Å². The van der Waals surface area contributed by atoms with Crippen LogP contribution < -0.4 is 5.32 Å². The van der Waals surface area contributed by atoms with Crippen molar-refractivity contribution in [3.8, 4) is 0 Å². The van der Waals surface area contributed by atoms with Gasteiger partial charge in [-0.1, -0.05) is 29.8 Å². The zero-order chi connectivity index (χ0) is 15.5. The third-order valence-corrected chi connectivity index (χ3v) is 4.72. The second-order valence-electron chi connectivity index (χ2n) is 5.84. The smallest absolute Gasteiger partial charge is 0.245 e. The van der Waals surface area contributed by atoms with Crippen molar-refractivity contribution in [1.29, 1.82) is 0 Å². The fourth-order valence-corrected chi connectivity index (χ4v) is 3.32. The number of nitrogens with one attached hydrogen (secondary N) is 1. The first kappa shape index (κ1) is 15.9. The van der Waals surface area contributed by atoms with E-state index in [0.29, 0.717) is 18.8 Å². The van der Waals surface area contributed by atoms with Crippen LogP contribution in [-0.2, 0) is 15.3 Å². The number of nitrogens with zero attached hydrogens (tertiary/aromatic N) is 1. The lowest BCUT2D eigenvalue weighted by atomic mass is 9.99. The number of piperazine rings is 1. The van der Waals surface area contributed by atoms with Crippen molar-refractivity contribution in [2.45, 2.75) is 32.1 Å². The maximum absolute atomic E-state index is 12.3. The summed E-state index contributed by atoms with van der Waals surface area (Å²) in [7, 11) is 0. The Morgan fingerprint density at radius 1 is 1.43 bits per heavy atom. The molecule has 1 aromatic carbocycles. The largest absolute Gasteiger partial charge is 0.352 e. The molecule has 0 saturated carbocycles. The highest BCUT2D eigenvalue weighted by atomic mass is 32.2. The molecule has 1 fully saturated rings. The predicted octanol–water partition coefficient (Wildman–Crippen LogP) is 1.97. The molecule has 0 bridgehead atoms. The number of hydrogen-bond donors (Lipinski definition) is 1. The van der Waals surface area contributed by atoms with Gasteiger partial charge in [0.2, 0.25) is 11.8 Å². The molecule has 1 aliphatic rings. The average molecular weight is 306 g/mol. The topological polar surface area (TPSA) is 49.4 Å². The van der Waals surface area contributed by atoms with Gasteiger partial charge in [-0.15, -0.1) is 11.8 Å². The molecule has 1 heterocycles. The van der Waals surface area contributed by atoms with Crippen molar-refractivity contribution >= 4 is 23.6 Å². The molecule has 0 aliphatic carbocycles. The first-order chi connectivity index (χ1) is 9.91. The first-order valence-corrected chi connectivity index (χ1v) is 8.29. The zero-order valence-corrected chi connectivity index (χ0v) is 13.6. The molecule has 2 amide bonds. The second-order valence-corrected chi connectivity index (χ2v) is 6.83. The van der Waals surface area contributed by atoms with E-state index in [1.54, 1.807) is 30.5 Å². The molecule has 0 radical (unpaired) electrons. The summed E-state index contributed by atoms with van der Waals surface area (Å²) in [5.41, 5.74) is 1.70. The van der Waals surface area contributed by atoms with E-state index in [2.05, 4.69) is 30.4 Å². The fraction of sp³-hybridized carbons (Fsp3) is 0.500. The molecular weight excluding hydrogens is 284 g/mol. The van der Waals surface area contributed by atoms with E-state index in [-0.39, 0.29) is 11.8 Å². The fourth-order valence-electron chi connectivity index (χ4n) is 2.47. The molecule has 1 aromatic rings. The lowest BCUT2D eigenvalue weighted by Crippen LogP contribution is -2.63. The van der Waals surface area contributed by atoms with Crippen molar-refractivity contribution in [1.82, 2.24) is 10.2 Å². The Labute approximate surface area is 130 Å². The van der Waals surface area contributed by atoms with Crippen LogP contribution in [-0.4, -0.2) is 41.1 Å². The Morgan fingerprint density at radius 3 is 2.90 bits per heavy atom. The van der Waals surface area contributed by atoms with Crippen LogP contribution >= 0.6 is 11.8 Å². The molecule has 5 heteroatoms. The Bertz CT molecular complexity index is 543. The van der Waals surface area contributed by atoms with E-state index in [0.717, 1.165) is 5.75 Å². The summed E-state index contributed by atoms with van der Waals surface area (Å²) < 4.78 is 0. The lowest BCUT2D eigenvalue weighted by molar-refractivity contribution is -0.147. The van der Waals surface area contributed by atoms with Gasteiger partial charge < -0.3 is 10.2 Å². The van der Waals surface area contributed by atoms with Crippen LogP contribution in [0.5, 0.6) is 0 Å². The molecule has 1 N–H and O–H groups in total. The van der Waals surface area contributed by atoms with Crippen LogP contribution in [0, 0.1) is 6.92 Å². The molecule has 0 unspecified atom stereocenters.